The molecular formula is C11H13NO3. The fourth-order valence-electron chi connectivity index (χ4n) is 1.84. The van der Waals surface area contributed by atoms with Crippen molar-refractivity contribution in [1.29, 1.82) is 0 Å². The summed E-state index contributed by atoms with van der Waals surface area (Å²) >= 11 is 0. The number of hydrogen-bond acceptors (Lipinski definition) is 3. The zero-order valence-corrected chi connectivity index (χ0v) is 8.43. The fraction of sp³-hybridized carbons (Fsp3) is 0.364. The van der Waals surface area contributed by atoms with Crippen molar-refractivity contribution in [3.8, 4) is 5.75 Å². The molecule has 0 bridgehead atoms. The molecule has 0 fully saturated rings. The number of fused-ring (bicyclic) bond motifs is 1. The molecule has 0 spiro atoms. The van der Waals surface area contributed by atoms with Crippen LogP contribution in [0.2, 0.25) is 0 Å². The van der Waals surface area contributed by atoms with Crippen LogP contribution in [0.5, 0.6) is 5.75 Å². The number of hydrogen-bond donors (Lipinski definition) is 2. The van der Waals surface area contributed by atoms with Crippen LogP contribution in [0.15, 0.2) is 18.2 Å². The molecular weight excluding hydrogens is 194 g/mol. The zero-order valence-electron chi connectivity index (χ0n) is 8.43. The highest BCUT2D eigenvalue weighted by Gasteiger charge is 2.32. The van der Waals surface area contributed by atoms with E-state index >= 15 is 0 Å². The van der Waals surface area contributed by atoms with Crippen LogP contribution < -0.4 is 10.5 Å². The Labute approximate surface area is 87.7 Å². The van der Waals surface area contributed by atoms with Crippen molar-refractivity contribution in [2.24, 2.45) is 5.92 Å². The van der Waals surface area contributed by atoms with Crippen molar-refractivity contribution >= 4 is 11.7 Å². The second-order valence-electron chi connectivity index (χ2n) is 3.84. The molecule has 1 aromatic carbocycles. The molecule has 15 heavy (non-hydrogen) atoms. The summed E-state index contributed by atoms with van der Waals surface area (Å²) in [6.07, 6.45) is 0. The van der Waals surface area contributed by atoms with E-state index in [0.29, 0.717) is 18.0 Å². The Morgan fingerprint density at radius 1 is 1.67 bits per heavy atom. The average Bonchev–Trinajstić information content (AvgIpc) is 2.59. The number of anilines is 1. The van der Waals surface area contributed by atoms with Gasteiger partial charge in [-0.2, -0.15) is 0 Å². The van der Waals surface area contributed by atoms with Crippen LogP contribution in [0.3, 0.4) is 0 Å². The Bertz CT molecular complexity index is 403. The molecule has 0 saturated carbocycles. The molecule has 0 aliphatic carbocycles. The molecule has 1 aromatic rings. The highest BCUT2D eigenvalue weighted by Crippen LogP contribution is 2.39. The normalized spacial score (nSPS) is 20.5. The van der Waals surface area contributed by atoms with E-state index in [4.69, 9.17) is 15.6 Å². The van der Waals surface area contributed by atoms with Gasteiger partial charge in [-0.25, -0.2) is 0 Å². The largest absolute Gasteiger partial charge is 0.493 e. The number of carbonyl (C=O) groups is 1. The van der Waals surface area contributed by atoms with Gasteiger partial charge in [-0.3, -0.25) is 4.79 Å². The number of carboxylic acids is 1. The van der Waals surface area contributed by atoms with E-state index in [1.54, 1.807) is 19.1 Å². The van der Waals surface area contributed by atoms with E-state index in [0.717, 1.165) is 5.56 Å². The first kappa shape index (κ1) is 9.83. The van der Waals surface area contributed by atoms with Gasteiger partial charge in [0.1, 0.15) is 5.75 Å². The Hall–Kier alpha value is -1.71. The molecule has 0 radical (unpaired) electrons. The van der Waals surface area contributed by atoms with Crippen LogP contribution in [-0.4, -0.2) is 17.7 Å². The van der Waals surface area contributed by atoms with Crippen LogP contribution in [0.4, 0.5) is 5.69 Å². The second kappa shape index (κ2) is 3.46. The lowest BCUT2D eigenvalue weighted by Crippen LogP contribution is -2.19. The lowest BCUT2D eigenvalue weighted by atomic mass is 9.89. The van der Waals surface area contributed by atoms with Crippen molar-refractivity contribution in [3.05, 3.63) is 23.8 Å². The number of nitrogen functional groups attached to an aromatic ring is 1. The van der Waals surface area contributed by atoms with Crippen molar-refractivity contribution < 1.29 is 14.6 Å². The molecule has 0 amide bonds. The van der Waals surface area contributed by atoms with E-state index < -0.39 is 11.9 Å². The van der Waals surface area contributed by atoms with Crippen molar-refractivity contribution in [1.82, 2.24) is 0 Å². The standard InChI is InChI=1S/C11H13NO3/c1-6(11(13)14)9-5-15-10-4-7(12)2-3-8(9)10/h2-4,6,9H,5,12H2,1H3,(H,13,14). The summed E-state index contributed by atoms with van der Waals surface area (Å²) in [6, 6.07) is 5.36. The molecule has 3 N–H and O–H groups in total. The van der Waals surface area contributed by atoms with Crippen LogP contribution in [0.25, 0.3) is 0 Å². The zero-order chi connectivity index (χ0) is 11.0. The Kier molecular flexibility index (Phi) is 2.26. The Morgan fingerprint density at radius 3 is 3.07 bits per heavy atom. The van der Waals surface area contributed by atoms with Crippen molar-refractivity contribution in [2.75, 3.05) is 12.3 Å². The topological polar surface area (TPSA) is 72.5 Å². The Morgan fingerprint density at radius 2 is 2.40 bits per heavy atom. The third-order valence-corrected chi connectivity index (χ3v) is 2.85. The quantitative estimate of drug-likeness (QED) is 0.720. The summed E-state index contributed by atoms with van der Waals surface area (Å²) in [6.45, 7) is 2.12. The number of ether oxygens (including phenoxy) is 1. The van der Waals surface area contributed by atoms with E-state index in [9.17, 15) is 4.79 Å². The van der Waals surface area contributed by atoms with Gasteiger partial charge in [-0.15, -0.1) is 0 Å². The van der Waals surface area contributed by atoms with Gasteiger partial charge in [0.15, 0.2) is 0 Å². The molecule has 2 rings (SSSR count). The molecule has 2 unspecified atom stereocenters. The maximum absolute atomic E-state index is 10.9. The van der Waals surface area contributed by atoms with Gasteiger partial charge in [-0.05, 0) is 6.07 Å². The first-order chi connectivity index (χ1) is 7.09. The van der Waals surface area contributed by atoms with Gasteiger partial charge >= 0.3 is 5.97 Å². The first-order valence-electron chi connectivity index (χ1n) is 4.84. The number of carboxylic acid groups (broad SMARTS) is 1. The SMILES string of the molecule is CC(C(=O)O)C1COc2cc(N)ccc21. The number of rotatable bonds is 2. The van der Waals surface area contributed by atoms with Gasteiger partial charge < -0.3 is 15.6 Å². The molecule has 80 valence electrons. The molecule has 0 aromatic heterocycles. The minimum absolute atomic E-state index is 0.0712. The van der Waals surface area contributed by atoms with Gasteiger partial charge in [-0.1, -0.05) is 13.0 Å². The minimum Gasteiger partial charge on any atom is -0.493 e. The van der Waals surface area contributed by atoms with E-state index in [2.05, 4.69) is 0 Å². The molecule has 2 atom stereocenters. The third-order valence-electron chi connectivity index (χ3n) is 2.85. The van der Waals surface area contributed by atoms with Crippen LogP contribution >= 0.6 is 0 Å². The van der Waals surface area contributed by atoms with Crippen LogP contribution in [0.1, 0.15) is 18.4 Å². The van der Waals surface area contributed by atoms with E-state index in [1.165, 1.54) is 0 Å². The van der Waals surface area contributed by atoms with Crippen LogP contribution in [0, 0.1) is 5.92 Å². The summed E-state index contributed by atoms with van der Waals surface area (Å²) in [7, 11) is 0. The number of nitrogens with two attached hydrogens (primary N) is 1. The average molecular weight is 207 g/mol. The Balaban J connectivity index is 2.32. The summed E-state index contributed by atoms with van der Waals surface area (Å²) in [4.78, 5) is 10.9. The van der Waals surface area contributed by atoms with Crippen molar-refractivity contribution in [2.45, 2.75) is 12.8 Å². The summed E-state index contributed by atoms with van der Waals surface area (Å²) in [5.41, 5.74) is 7.20. The maximum Gasteiger partial charge on any atom is 0.306 e. The molecule has 4 heteroatoms. The fourth-order valence-corrected chi connectivity index (χ4v) is 1.84. The predicted molar refractivity (Wildman–Crippen MR) is 55.9 cm³/mol. The van der Waals surface area contributed by atoms with E-state index in [-0.39, 0.29) is 5.92 Å². The van der Waals surface area contributed by atoms with Gasteiger partial charge in [0, 0.05) is 23.2 Å². The highest BCUT2D eigenvalue weighted by atomic mass is 16.5. The van der Waals surface area contributed by atoms with E-state index in [1.807, 2.05) is 6.07 Å². The second-order valence-corrected chi connectivity index (χ2v) is 3.84. The molecule has 1 aliphatic heterocycles. The van der Waals surface area contributed by atoms with Crippen LogP contribution in [-0.2, 0) is 4.79 Å². The smallest absolute Gasteiger partial charge is 0.306 e. The summed E-state index contributed by atoms with van der Waals surface area (Å²) < 4.78 is 5.42. The lowest BCUT2D eigenvalue weighted by Gasteiger charge is -2.13. The summed E-state index contributed by atoms with van der Waals surface area (Å²) in [5, 5.41) is 8.94. The highest BCUT2D eigenvalue weighted by molar-refractivity contribution is 5.71. The summed E-state index contributed by atoms with van der Waals surface area (Å²) in [5.74, 6) is -0.589. The number of aliphatic carboxylic acids is 1. The molecule has 1 aliphatic rings. The molecule has 4 nitrogen and oxygen atoms in total. The molecule has 1 heterocycles. The van der Waals surface area contributed by atoms with Gasteiger partial charge in [0.05, 0.1) is 12.5 Å². The lowest BCUT2D eigenvalue weighted by molar-refractivity contribution is -0.142. The van der Waals surface area contributed by atoms with Crippen molar-refractivity contribution in [3.63, 3.8) is 0 Å². The minimum atomic E-state index is -0.798. The molecule has 0 saturated heterocycles. The third kappa shape index (κ3) is 1.63. The predicted octanol–water partition coefficient (Wildman–Crippen LogP) is 1.47. The van der Waals surface area contributed by atoms with Gasteiger partial charge in [0.2, 0.25) is 0 Å². The maximum atomic E-state index is 10.9. The monoisotopic (exact) mass is 207 g/mol. The number of benzene rings is 1. The first-order valence-corrected chi connectivity index (χ1v) is 4.84. The van der Waals surface area contributed by atoms with Gasteiger partial charge in [0.25, 0.3) is 0 Å².